The molecule has 37 heavy (non-hydrogen) atoms. The highest BCUT2D eigenvalue weighted by atomic mass is 16.5. The molecule has 5 aromatic rings. The molecule has 188 valence electrons. The number of anilines is 1. The van der Waals surface area contributed by atoms with E-state index < -0.39 is 0 Å². The molecule has 0 bridgehead atoms. The van der Waals surface area contributed by atoms with Gasteiger partial charge in [-0.25, -0.2) is 4.98 Å². The van der Waals surface area contributed by atoms with E-state index in [0.29, 0.717) is 11.7 Å². The summed E-state index contributed by atoms with van der Waals surface area (Å²) in [6.07, 6.45) is 1.07. The molecule has 8 nitrogen and oxygen atoms in total. The highest BCUT2D eigenvalue weighted by Gasteiger charge is 2.16. The van der Waals surface area contributed by atoms with Gasteiger partial charge in [0.25, 0.3) is 0 Å². The molecule has 8 heteroatoms. The van der Waals surface area contributed by atoms with E-state index in [4.69, 9.17) is 14.7 Å². The summed E-state index contributed by atoms with van der Waals surface area (Å²) in [5, 5.41) is 14.6. The average molecular weight is 494 g/mol. The Hall–Kier alpha value is -4.33. The highest BCUT2D eigenvalue weighted by Crippen LogP contribution is 2.32. The summed E-state index contributed by atoms with van der Waals surface area (Å²) in [5.41, 5.74) is 8.12. The van der Waals surface area contributed by atoms with Crippen LogP contribution in [0.2, 0.25) is 0 Å². The number of tetrazole rings is 1. The molecule has 0 saturated heterocycles. The lowest BCUT2D eigenvalue weighted by molar-refractivity contribution is 0.233. The molecule has 3 heterocycles. The molecule has 0 amide bonds. The van der Waals surface area contributed by atoms with Crippen LogP contribution in [0, 0.1) is 6.92 Å². The van der Waals surface area contributed by atoms with Gasteiger partial charge in [-0.2, -0.15) is 5.21 Å². The first-order chi connectivity index (χ1) is 18.0. The Kier molecular flexibility index (Phi) is 7.07. The third-order valence-corrected chi connectivity index (χ3v) is 6.08. The third-order valence-electron chi connectivity index (χ3n) is 6.08. The number of H-pyrrole nitrogens is 1. The van der Waals surface area contributed by atoms with E-state index in [1.807, 2.05) is 51.1 Å². The number of fused-ring (bicyclic) bond motifs is 1. The Morgan fingerprint density at radius 1 is 0.946 bits per heavy atom. The molecule has 5 rings (SSSR count). The predicted molar refractivity (Wildman–Crippen MR) is 146 cm³/mol. The summed E-state index contributed by atoms with van der Waals surface area (Å²) < 4.78 is 5.88. The van der Waals surface area contributed by atoms with Crippen molar-refractivity contribution in [2.75, 3.05) is 11.4 Å². The molecule has 0 aliphatic heterocycles. The fraction of sp³-hybridized carbons (Fsp3) is 0.276. The lowest BCUT2D eigenvalue weighted by Crippen LogP contribution is -2.24. The molecule has 0 radical (unpaired) electrons. The number of pyridine rings is 2. The number of hydrogen-bond acceptors (Lipinski definition) is 7. The van der Waals surface area contributed by atoms with Crippen LogP contribution in [0.25, 0.3) is 33.5 Å². The second kappa shape index (κ2) is 10.7. The topological polar surface area (TPSA) is 92.7 Å². The second-order valence-corrected chi connectivity index (χ2v) is 9.37. The Balaban J connectivity index is 1.46. The van der Waals surface area contributed by atoms with Gasteiger partial charge in [0.15, 0.2) is 0 Å². The van der Waals surface area contributed by atoms with Crippen LogP contribution in [0.3, 0.4) is 0 Å². The van der Waals surface area contributed by atoms with Gasteiger partial charge in [0, 0.05) is 30.4 Å². The summed E-state index contributed by atoms with van der Waals surface area (Å²) >= 11 is 0. The van der Waals surface area contributed by atoms with Gasteiger partial charge in [0.2, 0.25) is 11.7 Å². The van der Waals surface area contributed by atoms with Crippen LogP contribution in [0.5, 0.6) is 5.88 Å². The normalized spacial score (nSPS) is 11.3. The molecule has 0 fully saturated rings. The zero-order valence-corrected chi connectivity index (χ0v) is 21.6. The van der Waals surface area contributed by atoms with Crippen LogP contribution >= 0.6 is 0 Å². The van der Waals surface area contributed by atoms with Gasteiger partial charge < -0.3 is 9.64 Å². The van der Waals surface area contributed by atoms with Crippen LogP contribution in [-0.2, 0) is 6.54 Å². The van der Waals surface area contributed by atoms with E-state index in [1.54, 1.807) is 0 Å². The minimum absolute atomic E-state index is 0.0577. The number of benzene rings is 2. The molecule has 0 aliphatic rings. The first-order valence-corrected chi connectivity index (χ1v) is 12.6. The van der Waals surface area contributed by atoms with Gasteiger partial charge in [-0.3, -0.25) is 4.98 Å². The number of nitrogens with zero attached hydrogens (tertiary/aromatic N) is 6. The van der Waals surface area contributed by atoms with Crippen molar-refractivity contribution >= 4 is 16.7 Å². The van der Waals surface area contributed by atoms with Crippen molar-refractivity contribution in [2.24, 2.45) is 0 Å². The van der Waals surface area contributed by atoms with Crippen molar-refractivity contribution < 1.29 is 4.74 Å². The van der Waals surface area contributed by atoms with Crippen LogP contribution in [0.4, 0.5) is 5.69 Å². The Morgan fingerprint density at radius 2 is 1.73 bits per heavy atom. The fourth-order valence-electron chi connectivity index (χ4n) is 4.52. The first kappa shape index (κ1) is 24.4. The second-order valence-electron chi connectivity index (χ2n) is 9.37. The Labute approximate surface area is 216 Å². The SMILES string of the molecule is CCCN(Cc1ccc(-c2ccccc2-c2nn[nH]n2)cc1)c1cc(C)nc2ccc(OC(C)C)nc12. The summed E-state index contributed by atoms with van der Waals surface area (Å²) in [6.45, 7) is 9.90. The summed E-state index contributed by atoms with van der Waals surface area (Å²) in [7, 11) is 0. The van der Waals surface area contributed by atoms with Crippen LogP contribution in [0.1, 0.15) is 38.4 Å². The van der Waals surface area contributed by atoms with E-state index in [2.05, 4.69) is 68.8 Å². The molecular weight excluding hydrogens is 462 g/mol. The fourth-order valence-corrected chi connectivity index (χ4v) is 4.52. The maximum atomic E-state index is 5.88. The van der Waals surface area contributed by atoms with E-state index in [1.165, 1.54) is 5.56 Å². The van der Waals surface area contributed by atoms with Gasteiger partial charge in [0.1, 0.15) is 5.52 Å². The molecule has 0 aliphatic carbocycles. The van der Waals surface area contributed by atoms with Crippen LogP contribution in [0.15, 0.2) is 66.7 Å². The van der Waals surface area contributed by atoms with E-state index in [0.717, 1.165) is 58.6 Å². The standard InChI is InChI=1S/C29H31N7O/c1-5-16-36(26-17-20(4)30-25-14-15-27(31-28(25)26)37-19(2)3)18-21-10-12-22(13-11-21)23-8-6-7-9-24(23)29-32-34-35-33-29/h6-15,17,19H,5,16,18H2,1-4H3,(H,32,33,34,35). The maximum absolute atomic E-state index is 5.88. The van der Waals surface area contributed by atoms with Gasteiger partial charge in [-0.1, -0.05) is 55.5 Å². The number of aromatic nitrogens is 6. The largest absolute Gasteiger partial charge is 0.475 e. The molecule has 0 atom stereocenters. The van der Waals surface area contributed by atoms with Crippen molar-refractivity contribution in [1.82, 2.24) is 30.6 Å². The minimum atomic E-state index is 0.0577. The zero-order chi connectivity index (χ0) is 25.8. The number of aryl methyl sites for hydroxylation is 1. The quantitative estimate of drug-likeness (QED) is 0.270. The number of ether oxygens (including phenoxy) is 1. The van der Waals surface area contributed by atoms with Crippen molar-refractivity contribution in [1.29, 1.82) is 0 Å². The summed E-state index contributed by atoms with van der Waals surface area (Å²) in [5.74, 6) is 1.21. The van der Waals surface area contributed by atoms with E-state index in [9.17, 15) is 0 Å². The summed E-state index contributed by atoms with van der Waals surface area (Å²) in [6, 6.07) is 22.8. The summed E-state index contributed by atoms with van der Waals surface area (Å²) in [4.78, 5) is 11.9. The first-order valence-electron chi connectivity index (χ1n) is 12.6. The van der Waals surface area contributed by atoms with Crippen molar-refractivity contribution in [3.05, 3.63) is 78.0 Å². The predicted octanol–water partition coefficient (Wildman–Crippen LogP) is 5.99. The smallest absolute Gasteiger partial charge is 0.214 e. The molecule has 2 aromatic carbocycles. The zero-order valence-electron chi connectivity index (χ0n) is 21.6. The van der Waals surface area contributed by atoms with Crippen LogP contribution in [-0.4, -0.2) is 43.2 Å². The van der Waals surface area contributed by atoms with Gasteiger partial charge in [0.05, 0.1) is 17.3 Å². The average Bonchev–Trinajstić information content (AvgIpc) is 3.43. The van der Waals surface area contributed by atoms with Crippen LogP contribution < -0.4 is 9.64 Å². The molecular formula is C29H31N7O. The highest BCUT2D eigenvalue weighted by molar-refractivity contribution is 5.89. The maximum Gasteiger partial charge on any atom is 0.214 e. The van der Waals surface area contributed by atoms with E-state index in [-0.39, 0.29) is 6.10 Å². The number of rotatable bonds is 9. The number of nitrogens with one attached hydrogen (secondary N) is 1. The van der Waals surface area contributed by atoms with E-state index >= 15 is 0 Å². The van der Waals surface area contributed by atoms with Crippen molar-refractivity contribution in [3.8, 4) is 28.4 Å². The molecule has 0 spiro atoms. The molecule has 0 unspecified atom stereocenters. The third kappa shape index (κ3) is 5.43. The number of hydrogen-bond donors (Lipinski definition) is 1. The van der Waals surface area contributed by atoms with Gasteiger partial charge in [-0.05, 0) is 61.2 Å². The van der Waals surface area contributed by atoms with Gasteiger partial charge in [-0.15, -0.1) is 10.2 Å². The lowest BCUT2D eigenvalue weighted by atomic mass is 9.98. The monoisotopic (exact) mass is 493 g/mol. The Bertz CT molecular complexity index is 1480. The Morgan fingerprint density at radius 3 is 2.43 bits per heavy atom. The molecule has 1 N–H and O–H groups in total. The minimum Gasteiger partial charge on any atom is -0.475 e. The molecule has 0 saturated carbocycles. The number of aromatic amines is 1. The molecule has 3 aromatic heterocycles. The lowest BCUT2D eigenvalue weighted by Gasteiger charge is -2.26. The van der Waals surface area contributed by atoms with Gasteiger partial charge >= 0.3 is 0 Å². The van der Waals surface area contributed by atoms with Crippen molar-refractivity contribution in [3.63, 3.8) is 0 Å². The van der Waals surface area contributed by atoms with Crippen molar-refractivity contribution in [2.45, 2.75) is 46.8 Å².